The van der Waals surface area contributed by atoms with E-state index in [1.807, 2.05) is 0 Å². The zero-order chi connectivity index (χ0) is 18.7. The molecule has 0 aliphatic carbocycles. The van der Waals surface area contributed by atoms with Crippen LogP contribution in [0, 0.1) is 5.82 Å². The number of aromatic nitrogens is 1. The Hall–Kier alpha value is -2.25. The fourth-order valence-corrected chi connectivity index (χ4v) is 4.13. The molecular weight excluding hydrogens is 371 g/mol. The smallest absolute Gasteiger partial charge is 0.183 e. The van der Waals surface area contributed by atoms with Crippen LogP contribution in [0.4, 0.5) is 9.52 Å². The summed E-state index contributed by atoms with van der Waals surface area (Å²) in [6.45, 7) is 2.88. The number of nitrogens with one attached hydrogen (secondary N) is 1. The van der Waals surface area contributed by atoms with E-state index in [1.165, 1.54) is 29.7 Å². The van der Waals surface area contributed by atoms with Crippen LogP contribution in [0.3, 0.4) is 0 Å². The molecule has 2 aromatic carbocycles. The largest absolute Gasteiger partial charge is 0.361 e. The zero-order valence-corrected chi connectivity index (χ0v) is 16.1. The fourth-order valence-electron chi connectivity index (χ4n) is 2.48. The number of benzene rings is 2. The molecule has 26 heavy (non-hydrogen) atoms. The molecule has 3 rings (SSSR count). The Bertz CT molecular complexity index is 995. The highest BCUT2D eigenvalue weighted by molar-refractivity contribution is 7.90. The first-order valence-corrected chi connectivity index (χ1v) is 10.9. The molecule has 0 spiro atoms. The Labute approximate surface area is 156 Å². The standard InChI is InChI=1S/C19H19FN2O2S2/c1-3-12-21-19-22-17(13-4-8-15(20)9-5-13)18(25-19)14-6-10-16(11-7-14)26(2,23)24/h4-11H,3,12H2,1-2H3,(H,21,22). The minimum Gasteiger partial charge on any atom is -0.361 e. The summed E-state index contributed by atoms with van der Waals surface area (Å²) in [5.41, 5.74) is 2.44. The quantitative estimate of drug-likeness (QED) is 0.654. The molecule has 1 heterocycles. The highest BCUT2D eigenvalue weighted by Crippen LogP contribution is 2.39. The highest BCUT2D eigenvalue weighted by Gasteiger charge is 2.16. The first-order valence-electron chi connectivity index (χ1n) is 8.19. The SMILES string of the molecule is CCCNc1nc(-c2ccc(F)cc2)c(-c2ccc(S(C)(=O)=O)cc2)s1. The van der Waals surface area contributed by atoms with Crippen molar-refractivity contribution in [2.24, 2.45) is 0 Å². The van der Waals surface area contributed by atoms with E-state index in [0.717, 1.165) is 39.8 Å². The van der Waals surface area contributed by atoms with E-state index in [1.54, 1.807) is 36.4 Å². The number of halogens is 1. The second-order valence-corrected chi connectivity index (χ2v) is 8.94. The predicted octanol–water partition coefficient (Wildman–Crippen LogP) is 4.84. The lowest BCUT2D eigenvalue weighted by molar-refractivity contribution is 0.602. The Kier molecular flexibility index (Phi) is 5.38. The van der Waals surface area contributed by atoms with Crippen LogP contribution < -0.4 is 5.32 Å². The number of thiazole rings is 1. The molecule has 0 unspecified atom stereocenters. The van der Waals surface area contributed by atoms with Gasteiger partial charge >= 0.3 is 0 Å². The molecule has 4 nitrogen and oxygen atoms in total. The first kappa shape index (κ1) is 18.5. The van der Waals surface area contributed by atoms with E-state index >= 15 is 0 Å². The van der Waals surface area contributed by atoms with Crippen LogP contribution in [0.5, 0.6) is 0 Å². The van der Waals surface area contributed by atoms with Gasteiger partial charge in [-0.3, -0.25) is 0 Å². The predicted molar refractivity (Wildman–Crippen MR) is 105 cm³/mol. The number of nitrogens with zero attached hydrogens (tertiary/aromatic N) is 1. The minimum absolute atomic E-state index is 0.276. The number of anilines is 1. The molecule has 0 saturated carbocycles. The van der Waals surface area contributed by atoms with Crippen LogP contribution in [0.15, 0.2) is 53.4 Å². The van der Waals surface area contributed by atoms with Crippen molar-refractivity contribution in [3.8, 4) is 21.7 Å². The summed E-state index contributed by atoms with van der Waals surface area (Å²) in [4.78, 5) is 5.85. The van der Waals surface area contributed by atoms with E-state index in [-0.39, 0.29) is 10.7 Å². The van der Waals surface area contributed by atoms with Crippen molar-refractivity contribution in [3.63, 3.8) is 0 Å². The van der Waals surface area contributed by atoms with Gasteiger partial charge in [-0.15, -0.1) is 0 Å². The Morgan fingerprint density at radius 2 is 1.65 bits per heavy atom. The lowest BCUT2D eigenvalue weighted by Crippen LogP contribution is -1.98. The van der Waals surface area contributed by atoms with Gasteiger partial charge in [-0.1, -0.05) is 30.4 Å². The maximum absolute atomic E-state index is 13.3. The van der Waals surface area contributed by atoms with Crippen molar-refractivity contribution in [1.29, 1.82) is 0 Å². The van der Waals surface area contributed by atoms with Gasteiger partial charge in [0.15, 0.2) is 15.0 Å². The van der Waals surface area contributed by atoms with E-state index in [4.69, 9.17) is 0 Å². The van der Waals surface area contributed by atoms with Gasteiger partial charge in [0.25, 0.3) is 0 Å². The average molecular weight is 391 g/mol. The number of rotatable bonds is 6. The Morgan fingerprint density at radius 3 is 2.23 bits per heavy atom. The molecule has 1 N–H and O–H groups in total. The summed E-state index contributed by atoms with van der Waals surface area (Å²) in [6.07, 6.45) is 2.16. The van der Waals surface area contributed by atoms with Crippen molar-refractivity contribution in [1.82, 2.24) is 4.98 Å². The third kappa shape index (κ3) is 4.11. The summed E-state index contributed by atoms with van der Waals surface area (Å²) in [5, 5.41) is 4.06. The number of hydrogen-bond donors (Lipinski definition) is 1. The lowest BCUT2D eigenvalue weighted by atomic mass is 10.1. The van der Waals surface area contributed by atoms with E-state index < -0.39 is 9.84 Å². The van der Waals surface area contributed by atoms with Crippen LogP contribution >= 0.6 is 11.3 Å². The molecule has 0 fully saturated rings. The molecule has 1 aromatic heterocycles. The zero-order valence-electron chi connectivity index (χ0n) is 14.5. The molecule has 136 valence electrons. The topological polar surface area (TPSA) is 59.1 Å². The Morgan fingerprint density at radius 1 is 1.04 bits per heavy atom. The van der Waals surface area contributed by atoms with Crippen molar-refractivity contribution >= 4 is 26.3 Å². The van der Waals surface area contributed by atoms with Crippen molar-refractivity contribution in [2.45, 2.75) is 18.2 Å². The van der Waals surface area contributed by atoms with Crippen LogP contribution in [0.25, 0.3) is 21.7 Å². The van der Waals surface area contributed by atoms with Gasteiger partial charge in [0.05, 0.1) is 15.5 Å². The molecule has 0 amide bonds. The third-order valence-electron chi connectivity index (χ3n) is 3.82. The summed E-state index contributed by atoms with van der Waals surface area (Å²) < 4.78 is 36.6. The molecule has 0 radical (unpaired) electrons. The fraction of sp³-hybridized carbons (Fsp3) is 0.211. The highest BCUT2D eigenvalue weighted by atomic mass is 32.2. The molecule has 0 bridgehead atoms. The van der Waals surface area contributed by atoms with Gasteiger partial charge in [-0.25, -0.2) is 17.8 Å². The Balaban J connectivity index is 2.06. The summed E-state index contributed by atoms with van der Waals surface area (Å²) in [6, 6.07) is 13.0. The number of hydrogen-bond acceptors (Lipinski definition) is 5. The molecule has 3 aromatic rings. The lowest BCUT2D eigenvalue weighted by Gasteiger charge is -2.04. The molecular formula is C19H19FN2O2S2. The second kappa shape index (κ2) is 7.55. The van der Waals surface area contributed by atoms with Gasteiger partial charge in [0.1, 0.15) is 5.82 Å². The molecule has 0 aliphatic heterocycles. The van der Waals surface area contributed by atoms with Gasteiger partial charge in [-0.2, -0.15) is 0 Å². The van der Waals surface area contributed by atoms with Crippen molar-refractivity contribution in [3.05, 3.63) is 54.3 Å². The summed E-state index contributed by atoms with van der Waals surface area (Å²) in [7, 11) is -3.24. The van der Waals surface area contributed by atoms with E-state index in [0.29, 0.717) is 0 Å². The summed E-state index contributed by atoms with van der Waals surface area (Å²) >= 11 is 1.50. The second-order valence-electron chi connectivity index (χ2n) is 5.93. The van der Waals surface area contributed by atoms with Gasteiger partial charge < -0.3 is 5.32 Å². The van der Waals surface area contributed by atoms with Gasteiger partial charge in [-0.05, 0) is 48.4 Å². The normalized spacial score (nSPS) is 11.5. The van der Waals surface area contributed by atoms with Gasteiger partial charge in [0, 0.05) is 18.4 Å². The first-order chi connectivity index (χ1) is 12.4. The third-order valence-corrected chi connectivity index (χ3v) is 6.01. The van der Waals surface area contributed by atoms with Gasteiger partial charge in [0.2, 0.25) is 0 Å². The number of sulfone groups is 1. The van der Waals surface area contributed by atoms with E-state index in [9.17, 15) is 12.8 Å². The summed E-state index contributed by atoms with van der Waals surface area (Å²) in [5.74, 6) is -0.299. The van der Waals surface area contributed by atoms with Crippen molar-refractivity contribution < 1.29 is 12.8 Å². The maximum atomic E-state index is 13.3. The van der Waals surface area contributed by atoms with Crippen LogP contribution in [0.1, 0.15) is 13.3 Å². The van der Waals surface area contributed by atoms with Crippen LogP contribution in [-0.4, -0.2) is 26.2 Å². The molecule has 0 saturated heterocycles. The molecule has 0 aliphatic rings. The maximum Gasteiger partial charge on any atom is 0.183 e. The average Bonchev–Trinajstić information content (AvgIpc) is 3.04. The van der Waals surface area contributed by atoms with E-state index in [2.05, 4.69) is 17.2 Å². The monoisotopic (exact) mass is 390 g/mol. The molecule has 0 atom stereocenters. The van der Waals surface area contributed by atoms with Crippen LogP contribution in [-0.2, 0) is 9.84 Å². The van der Waals surface area contributed by atoms with Crippen molar-refractivity contribution in [2.75, 3.05) is 18.1 Å². The van der Waals surface area contributed by atoms with Crippen LogP contribution in [0.2, 0.25) is 0 Å². The minimum atomic E-state index is -3.24. The molecule has 7 heteroatoms.